The van der Waals surface area contributed by atoms with Gasteiger partial charge < -0.3 is 19.4 Å². The number of H-pyrrole nitrogens is 1. The van der Waals surface area contributed by atoms with E-state index in [1.54, 1.807) is 0 Å². The van der Waals surface area contributed by atoms with Crippen molar-refractivity contribution in [1.82, 2.24) is 25.1 Å². The molecule has 2 aromatic rings. The molecule has 4 heterocycles. The van der Waals surface area contributed by atoms with Gasteiger partial charge in [-0.15, -0.1) is 0 Å². The van der Waals surface area contributed by atoms with Crippen LogP contribution in [0.2, 0.25) is 0 Å². The first-order chi connectivity index (χ1) is 18.6. The smallest absolute Gasteiger partial charge is 0.379 e. The standard InChI is InChI=1S/C26H34F3N7O3/c1-16-13-34(25-30-10-19(11-31-25)18-5-6-18)14-17(2)36(16)22(37)7-9-39-15-20-4-3-8-35(20)21-12-32-33-24(38)23(21)26(27,28)29/h10-12,16-18,20H,3-9,13-15H2,1-2H3,(H,33,38)/t16-,17+,20?. The van der Waals surface area contributed by atoms with Crippen LogP contribution >= 0.6 is 0 Å². The topological polar surface area (TPSA) is 108 Å². The second-order valence-electron chi connectivity index (χ2n) is 10.8. The summed E-state index contributed by atoms with van der Waals surface area (Å²) >= 11 is 0. The molecule has 1 aliphatic carbocycles. The molecule has 3 fully saturated rings. The van der Waals surface area contributed by atoms with Gasteiger partial charge in [-0.2, -0.15) is 18.3 Å². The van der Waals surface area contributed by atoms with Crippen molar-refractivity contribution in [3.05, 3.63) is 40.1 Å². The maximum atomic E-state index is 13.5. The number of amides is 1. The van der Waals surface area contributed by atoms with Crippen molar-refractivity contribution in [3.8, 4) is 0 Å². The monoisotopic (exact) mass is 549 g/mol. The molecule has 1 amide bonds. The van der Waals surface area contributed by atoms with Crippen LogP contribution in [0.3, 0.4) is 0 Å². The largest absolute Gasteiger partial charge is 0.423 e. The molecule has 2 aromatic heterocycles. The molecule has 10 nitrogen and oxygen atoms in total. The van der Waals surface area contributed by atoms with Crippen molar-refractivity contribution in [2.75, 3.05) is 42.6 Å². The predicted molar refractivity (Wildman–Crippen MR) is 138 cm³/mol. The Morgan fingerprint density at radius 3 is 2.44 bits per heavy atom. The molecule has 5 rings (SSSR count). The average molecular weight is 550 g/mol. The van der Waals surface area contributed by atoms with Gasteiger partial charge in [-0.05, 0) is 51.0 Å². The summed E-state index contributed by atoms with van der Waals surface area (Å²) in [5.41, 5.74) is -1.56. The van der Waals surface area contributed by atoms with Crippen LogP contribution in [-0.4, -0.2) is 81.9 Å². The Kier molecular flexibility index (Phi) is 7.79. The normalized spacial score (nSPS) is 23.9. The number of rotatable bonds is 8. The van der Waals surface area contributed by atoms with Gasteiger partial charge in [0, 0.05) is 44.1 Å². The number of aromatic amines is 1. The highest BCUT2D eigenvalue weighted by Crippen LogP contribution is 2.39. The van der Waals surface area contributed by atoms with Crippen LogP contribution < -0.4 is 15.4 Å². The molecular formula is C26H34F3N7O3. The zero-order chi connectivity index (χ0) is 27.7. The zero-order valence-corrected chi connectivity index (χ0v) is 22.2. The Balaban J connectivity index is 1.12. The SMILES string of the molecule is C[C@@H]1CN(c2ncc(C3CC3)cn2)C[C@H](C)N1C(=O)CCOCC1CCCN1c1cn[nH]c(=O)c1C(F)(F)F. The predicted octanol–water partition coefficient (Wildman–Crippen LogP) is 2.96. The van der Waals surface area contributed by atoms with E-state index in [0.29, 0.717) is 44.3 Å². The number of piperazine rings is 1. The van der Waals surface area contributed by atoms with Gasteiger partial charge in [0.1, 0.15) is 5.56 Å². The number of anilines is 2. The third kappa shape index (κ3) is 6.02. The number of carbonyl (C=O) groups excluding carboxylic acids is 1. The molecule has 0 aromatic carbocycles. The minimum absolute atomic E-state index is 0.0268. The summed E-state index contributed by atoms with van der Waals surface area (Å²) in [4.78, 5) is 39.6. The Labute approximate surface area is 224 Å². The fraction of sp³-hybridized carbons (Fsp3) is 0.654. The Bertz CT molecular complexity index is 1210. The summed E-state index contributed by atoms with van der Waals surface area (Å²) in [6, 6.07) is -0.414. The van der Waals surface area contributed by atoms with E-state index in [4.69, 9.17) is 4.74 Å². The summed E-state index contributed by atoms with van der Waals surface area (Å²) in [6.45, 7) is 5.95. The second-order valence-corrected chi connectivity index (χ2v) is 10.8. The number of nitrogens with zero attached hydrogens (tertiary/aromatic N) is 6. The quantitative estimate of drug-likeness (QED) is 0.501. The number of halogens is 3. The molecule has 212 valence electrons. The first-order valence-electron chi connectivity index (χ1n) is 13.5. The molecule has 13 heteroatoms. The van der Waals surface area contributed by atoms with Crippen LogP contribution in [0.1, 0.15) is 63.0 Å². The third-order valence-electron chi connectivity index (χ3n) is 7.77. The minimum Gasteiger partial charge on any atom is -0.379 e. The second kappa shape index (κ2) is 11.1. The maximum absolute atomic E-state index is 13.5. The minimum atomic E-state index is -4.80. The highest BCUT2D eigenvalue weighted by Gasteiger charge is 2.41. The van der Waals surface area contributed by atoms with Gasteiger partial charge in [0.15, 0.2) is 0 Å². The number of carbonyl (C=O) groups is 1. The van der Waals surface area contributed by atoms with Crippen LogP contribution in [-0.2, 0) is 15.7 Å². The summed E-state index contributed by atoms with van der Waals surface area (Å²) in [5, 5.41) is 5.45. The molecule has 1 unspecified atom stereocenters. The highest BCUT2D eigenvalue weighted by atomic mass is 19.4. The fourth-order valence-electron chi connectivity index (χ4n) is 5.81. The van der Waals surface area contributed by atoms with Gasteiger partial charge in [0.2, 0.25) is 11.9 Å². The number of ether oxygens (including phenoxy) is 1. The van der Waals surface area contributed by atoms with Crippen molar-refractivity contribution in [3.63, 3.8) is 0 Å². The van der Waals surface area contributed by atoms with Crippen molar-refractivity contribution in [2.24, 2.45) is 0 Å². The Hall–Kier alpha value is -3.22. The molecule has 3 aliphatic rings. The van der Waals surface area contributed by atoms with E-state index in [0.717, 1.165) is 6.20 Å². The lowest BCUT2D eigenvalue weighted by molar-refractivity contribution is -0.139. The first-order valence-corrected chi connectivity index (χ1v) is 13.5. The lowest BCUT2D eigenvalue weighted by Gasteiger charge is -2.44. The molecule has 0 spiro atoms. The fourth-order valence-corrected chi connectivity index (χ4v) is 5.81. The van der Waals surface area contributed by atoms with E-state index in [2.05, 4.69) is 20.0 Å². The van der Waals surface area contributed by atoms with E-state index in [9.17, 15) is 22.8 Å². The lowest BCUT2D eigenvalue weighted by Crippen LogP contribution is -2.59. The van der Waals surface area contributed by atoms with Gasteiger partial charge in [-0.1, -0.05) is 0 Å². The molecule has 1 N–H and O–H groups in total. The maximum Gasteiger partial charge on any atom is 0.423 e. The summed E-state index contributed by atoms with van der Waals surface area (Å²) in [5.74, 6) is 1.25. The van der Waals surface area contributed by atoms with Crippen LogP contribution in [0.5, 0.6) is 0 Å². The number of nitrogens with one attached hydrogen (secondary N) is 1. The Morgan fingerprint density at radius 2 is 1.79 bits per heavy atom. The molecule has 2 aliphatic heterocycles. The van der Waals surface area contributed by atoms with E-state index < -0.39 is 17.3 Å². The summed E-state index contributed by atoms with van der Waals surface area (Å²) in [7, 11) is 0. The van der Waals surface area contributed by atoms with Crippen molar-refractivity contribution >= 4 is 17.5 Å². The number of hydrogen-bond donors (Lipinski definition) is 1. The summed E-state index contributed by atoms with van der Waals surface area (Å²) < 4.78 is 46.4. The number of hydrogen-bond acceptors (Lipinski definition) is 8. The third-order valence-corrected chi connectivity index (χ3v) is 7.77. The van der Waals surface area contributed by atoms with E-state index >= 15 is 0 Å². The molecule has 0 radical (unpaired) electrons. The number of alkyl halides is 3. The van der Waals surface area contributed by atoms with E-state index in [1.165, 1.54) is 23.3 Å². The van der Waals surface area contributed by atoms with Gasteiger partial charge in [-0.3, -0.25) is 9.59 Å². The van der Waals surface area contributed by atoms with Crippen LogP contribution in [0.15, 0.2) is 23.4 Å². The summed E-state index contributed by atoms with van der Waals surface area (Å²) in [6.07, 6.45) is 3.93. The number of aromatic nitrogens is 4. The van der Waals surface area contributed by atoms with Crippen LogP contribution in [0.4, 0.5) is 24.8 Å². The molecule has 2 saturated heterocycles. The molecule has 1 saturated carbocycles. The van der Waals surface area contributed by atoms with Crippen molar-refractivity contribution in [2.45, 2.75) is 76.2 Å². The zero-order valence-electron chi connectivity index (χ0n) is 22.2. The van der Waals surface area contributed by atoms with Gasteiger partial charge in [0.05, 0.1) is 37.6 Å². The lowest BCUT2D eigenvalue weighted by atomic mass is 10.1. The van der Waals surface area contributed by atoms with Gasteiger partial charge >= 0.3 is 6.18 Å². The molecule has 3 atom stereocenters. The van der Waals surface area contributed by atoms with E-state index in [1.807, 2.05) is 36.2 Å². The van der Waals surface area contributed by atoms with Crippen molar-refractivity contribution < 1.29 is 22.7 Å². The first kappa shape index (κ1) is 27.4. The highest BCUT2D eigenvalue weighted by molar-refractivity contribution is 5.77. The molecule has 39 heavy (non-hydrogen) atoms. The average Bonchev–Trinajstić information content (AvgIpc) is 3.63. The van der Waals surface area contributed by atoms with Gasteiger partial charge in [-0.25, -0.2) is 15.1 Å². The van der Waals surface area contributed by atoms with Crippen LogP contribution in [0.25, 0.3) is 0 Å². The van der Waals surface area contributed by atoms with E-state index in [-0.39, 0.29) is 49.4 Å². The Morgan fingerprint density at radius 1 is 1.10 bits per heavy atom. The van der Waals surface area contributed by atoms with Crippen molar-refractivity contribution in [1.29, 1.82) is 0 Å². The molecular weight excluding hydrogens is 515 g/mol. The molecule has 0 bridgehead atoms. The van der Waals surface area contributed by atoms with Gasteiger partial charge in [0.25, 0.3) is 5.56 Å². The van der Waals surface area contributed by atoms with Crippen LogP contribution in [0, 0.1) is 0 Å².